The van der Waals surface area contributed by atoms with E-state index in [9.17, 15) is 33.6 Å². The second-order valence-electron chi connectivity index (χ2n) is 19.7. The minimum absolute atomic E-state index is 0.0000612. The number of hydrogen-bond acceptors (Lipinski definition) is 9. The van der Waals surface area contributed by atoms with Crippen LogP contribution in [0.5, 0.6) is 0 Å². The summed E-state index contributed by atoms with van der Waals surface area (Å²) in [5, 5.41) is 14.1. The van der Waals surface area contributed by atoms with Crippen LogP contribution in [0.15, 0.2) is 60.7 Å². The van der Waals surface area contributed by atoms with Gasteiger partial charge >= 0.3 is 12.2 Å². The van der Waals surface area contributed by atoms with Crippen LogP contribution >= 0.6 is 0 Å². The second kappa shape index (κ2) is 22.8. The number of rotatable bonds is 19. The third kappa shape index (κ3) is 16.8. The number of benzene rings is 2. The van der Waals surface area contributed by atoms with E-state index in [4.69, 9.17) is 9.47 Å². The molecule has 64 heavy (non-hydrogen) atoms. The van der Waals surface area contributed by atoms with E-state index in [1.165, 1.54) is 0 Å². The molecule has 4 atom stereocenters. The zero-order chi connectivity index (χ0) is 47.2. The van der Waals surface area contributed by atoms with Crippen LogP contribution in [0.4, 0.5) is 9.59 Å². The summed E-state index contributed by atoms with van der Waals surface area (Å²) in [5.74, 6) is -2.11. The Bertz CT molecular complexity index is 1910. The van der Waals surface area contributed by atoms with E-state index in [0.29, 0.717) is 45.6 Å². The molecular formula is C48H71N7O9. The van der Waals surface area contributed by atoms with Gasteiger partial charge in [-0.15, -0.1) is 0 Å². The topological polar surface area (TPSA) is 205 Å². The molecule has 2 aliphatic rings. The van der Waals surface area contributed by atoms with Gasteiger partial charge in [0.2, 0.25) is 29.5 Å². The third-order valence-corrected chi connectivity index (χ3v) is 11.0. The molecule has 352 valence electrons. The van der Waals surface area contributed by atoms with E-state index >= 15 is 0 Å². The Morgan fingerprint density at radius 3 is 1.59 bits per heavy atom. The number of carbonyl (C=O) groups excluding carboxylic acids is 7. The van der Waals surface area contributed by atoms with E-state index in [1.807, 2.05) is 74.5 Å². The van der Waals surface area contributed by atoms with Gasteiger partial charge in [-0.2, -0.15) is 0 Å². The minimum atomic E-state index is -1.16. The first-order chi connectivity index (χ1) is 30.0. The number of nitrogens with one attached hydrogen (secondary N) is 5. The summed E-state index contributed by atoms with van der Waals surface area (Å²) in [7, 11) is 0. The SMILES string of the molecule is CC(=O)N1CCC2(C1)CN(C(=O)C(CCCCNC(=O)OC(C)(C)C)NC(=O)C(CC(C)C)NC(=O)C(Cc1ccccc1)NC(=O)C(Cc1ccccc1)NC(=O)OC(C)(C)C)C2. The van der Waals surface area contributed by atoms with Crippen LogP contribution in [0.1, 0.15) is 106 Å². The molecule has 0 aromatic heterocycles. The quantitative estimate of drug-likeness (QED) is 0.125. The summed E-state index contributed by atoms with van der Waals surface area (Å²) in [4.78, 5) is 97.8. The van der Waals surface area contributed by atoms with Crippen LogP contribution in [-0.4, -0.2) is 120 Å². The average molecular weight is 890 g/mol. The van der Waals surface area contributed by atoms with Gasteiger partial charge in [0, 0.05) is 57.9 Å². The number of nitrogens with zero attached hydrogens (tertiary/aromatic N) is 2. The molecule has 2 aliphatic heterocycles. The van der Waals surface area contributed by atoms with E-state index < -0.39 is 65.3 Å². The number of unbranched alkanes of at least 4 members (excludes halogenated alkanes) is 1. The van der Waals surface area contributed by atoms with Gasteiger partial charge in [-0.1, -0.05) is 74.5 Å². The van der Waals surface area contributed by atoms with Crippen molar-refractivity contribution in [3.8, 4) is 0 Å². The highest BCUT2D eigenvalue weighted by Gasteiger charge is 2.51. The van der Waals surface area contributed by atoms with Crippen LogP contribution in [0.3, 0.4) is 0 Å². The molecule has 4 rings (SSSR count). The molecule has 16 nitrogen and oxygen atoms in total. The maximum atomic E-state index is 14.4. The van der Waals surface area contributed by atoms with Gasteiger partial charge in [-0.25, -0.2) is 9.59 Å². The molecule has 2 aromatic carbocycles. The molecule has 0 saturated carbocycles. The normalized spacial score (nSPS) is 16.4. The van der Waals surface area contributed by atoms with Crippen LogP contribution in [0, 0.1) is 11.3 Å². The van der Waals surface area contributed by atoms with Crippen molar-refractivity contribution in [2.45, 2.75) is 143 Å². The fourth-order valence-electron chi connectivity index (χ4n) is 7.92. The van der Waals surface area contributed by atoms with E-state index in [2.05, 4.69) is 26.6 Å². The fraction of sp³-hybridized carbons (Fsp3) is 0.604. The van der Waals surface area contributed by atoms with E-state index in [0.717, 1.165) is 17.5 Å². The van der Waals surface area contributed by atoms with Crippen molar-refractivity contribution >= 4 is 41.7 Å². The lowest BCUT2D eigenvalue weighted by Gasteiger charge is -2.49. The van der Waals surface area contributed by atoms with Crippen LogP contribution < -0.4 is 26.6 Å². The second-order valence-corrected chi connectivity index (χ2v) is 19.7. The summed E-state index contributed by atoms with van der Waals surface area (Å²) < 4.78 is 10.8. The summed E-state index contributed by atoms with van der Waals surface area (Å²) in [6.07, 6.45) is 1.14. The zero-order valence-electron chi connectivity index (χ0n) is 39.2. The smallest absolute Gasteiger partial charge is 0.408 e. The lowest BCUT2D eigenvalue weighted by molar-refractivity contribution is -0.147. The fourth-order valence-corrected chi connectivity index (χ4v) is 7.92. The highest BCUT2D eigenvalue weighted by molar-refractivity contribution is 5.95. The predicted octanol–water partition coefficient (Wildman–Crippen LogP) is 4.64. The Kier molecular flexibility index (Phi) is 18.2. The maximum Gasteiger partial charge on any atom is 0.408 e. The van der Waals surface area contributed by atoms with Gasteiger partial charge in [-0.3, -0.25) is 24.0 Å². The molecular weight excluding hydrogens is 819 g/mol. The standard InChI is InChI=1S/C48H71N7O9/c1-32(2)26-37(40(57)50-36(22-16-17-24-49-44(61)63-46(4,5)6)43(60)55-30-48(31-55)23-25-54(29-48)33(3)56)51-41(58)38(27-34-18-12-10-13-19-34)52-42(59)39(28-35-20-14-11-15-21-35)53-45(62)64-47(7,8)9/h10-15,18-21,32,36-39H,16-17,22-31H2,1-9H3,(H,49,61)(H,50,57)(H,51,58)(H,52,59)(H,53,62). The molecule has 2 saturated heterocycles. The predicted molar refractivity (Wildman–Crippen MR) is 243 cm³/mol. The number of ether oxygens (including phenoxy) is 2. The molecule has 2 fully saturated rings. The van der Waals surface area contributed by atoms with Crippen LogP contribution in [0.25, 0.3) is 0 Å². The summed E-state index contributed by atoms with van der Waals surface area (Å²) >= 11 is 0. The maximum absolute atomic E-state index is 14.4. The number of amides is 7. The molecule has 16 heteroatoms. The molecule has 0 bridgehead atoms. The molecule has 2 aromatic rings. The molecule has 4 unspecified atom stereocenters. The van der Waals surface area contributed by atoms with Gasteiger partial charge in [0.25, 0.3) is 0 Å². The highest BCUT2D eigenvalue weighted by Crippen LogP contribution is 2.40. The van der Waals surface area contributed by atoms with Crippen molar-refractivity contribution in [3.05, 3.63) is 71.8 Å². The first-order valence-electron chi connectivity index (χ1n) is 22.5. The highest BCUT2D eigenvalue weighted by atomic mass is 16.6. The molecule has 1 spiro atoms. The summed E-state index contributed by atoms with van der Waals surface area (Å²) in [6.45, 7) is 18.3. The van der Waals surface area contributed by atoms with Gasteiger partial charge in [0.05, 0.1) is 0 Å². The van der Waals surface area contributed by atoms with Crippen molar-refractivity contribution in [1.29, 1.82) is 0 Å². The Balaban J connectivity index is 1.53. The van der Waals surface area contributed by atoms with E-state index in [-0.39, 0.29) is 48.8 Å². The number of carbonyl (C=O) groups is 7. The molecule has 0 radical (unpaired) electrons. The number of hydrogen-bond donors (Lipinski definition) is 5. The van der Waals surface area contributed by atoms with Crippen molar-refractivity contribution < 1.29 is 43.0 Å². The first-order valence-corrected chi connectivity index (χ1v) is 22.5. The van der Waals surface area contributed by atoms with Gasteiger partial charge < -0.3 is 45.9 Å². The Morgan fingerprint density at radius 2 is 1.09 bits per heavy atom. The summed E-state index contributed by atoms with van der Waals surface area (Å²) in [5.41, 5.74) is -0.134. The monoisotopic (exact) mass is 890 g/mol. The van der Waals surface area contributed by atoms with E-state index in [1.54, 1.807) is 58.3 Å². The zero-order valence-corrected chi connectivity index (χ0v) is 39.2. The first kappa shape index (κ1) is 51.0. The van der Waals surface area contributed by atoms with Gasteiger partial charge in [0.15, 0.2) is 0 Å². The van der Waals surface area contributed by atoms with Crippen LogP contribution in [-0.2, 0) is 46.3 Å². The molecule has 0 aliphatic carbocycles. The molecule has 2 heterocycles. The minimum Gasteiger partial charge on any atom is -0.444 e. The number of likely N-dealkylation sites (tertiary alicyclic amines) is 2. The van der Waals surface area contributed by atoms with Gasteiger partial charge in [0.1, 0.15) is 35.4 Å². The molecule has 5 N–H and O–H groups in total. The van der Waals surface area contributed by atoms with Crippen molar-refractivity contribution in [2.75, 3.05) is 32.7 Å². The molecule has 7 amide bonds. The van der Waals surface area contributed by atoms with Crippen LogP contribution in [0.2, 0.25) is 0 Å². The Hall–Kier alpha value is -5.67. The summed E-state index contributed by atoms with van der Waals surface area (Å²) in [6, 6.07) is 14.0. The van der Waals surface area contributed by atoms with Crippen molar-refractivity contribution in [1.82, 2.24) is 36.4 Å². The van der Waals surface area contributed by atoms with Crippen molar-refractivity contribution in [3.63, 3.8) is 0 Å². The van der Waals surface area contributed by atoms with Gasteiger partial charge in [-0.05, 0) is 90.7 Å². The average Bonchev–Trinajstić information content (AvgIpc) is 3.65. The lowest BCUT2D eigenvalue weighted by Crippen LogP contribution is -2.64. The largest absolute Gasteiger partial charge is 0.444 e. The lowest BCUT2D eigenvalue weighted by atomic mass is 9.78. The Labute approximate surface area is 378 Å². The third-order valence-electron chi connectivity index (χ3n) is 11.0. The Morgan fingerprint density at radius 1 is 0.625 bits per heavy atom. The van der Waals surface area contributed by atoms with Crippen molar-refractivity contribution in [2.24, 2.45) is 11.3 Å². The number of alkyl carbamates (subject to hydrolysis) is 2.